The Morgan fingerprint density at radius 1 is 1.07 bits per heavy atom. The Morgan fingerprint density at radius 3 is 2.48 bits per heavy atom. The zero-order valence-electron chi connectivity index (χ0n) is 14.6. The second-order valence-electron chi connectivity index (χ2n) is 6.23. The van der Waals surface area contributed by atoms with E-state index in [1.807, 2.05) is 0 Å². The molecular weight excluding hydrogens is 455 g/mol. The van der Waals surface area contributed by atoms with Gasteiger partial charge in [0.1, 0.15) is 11.8 Å². The van der Waals surface area contributed by atoms with Gasteiger partial charge in [-0.3, -0.25) is 4.52 Å². The number of hydrogen-bond donors (Lipinski definition) is 5. The molecule has 0 saturated heterocycles. The number of aromatic nitrogens is 4. The summed E-state index contributed by atoms with van der Waals surface area (Å²) in [5.74, 6) is -0.106. The molecule has 162 valence electrons. The van der Waals surface area contributed by atoms with E-state index in [2.05, 4.69) is 23.6 Å². The summed E-state index contributed by atoms with van der Waals surface area (Å²) in [4.78, 5) is 48.1. The predicted octanol–water partition coefficient (Wildman–Crippen LogP) is 1.09. The average Bonchev–Trinajstić information content (AvgIpc) is 3.16. The van der Waals surface area contributed by atoms with E-state index >= 15 is 0 Å². The maximum Gasteiger partial charge on any atom is 0.490 e. The summed E-state index contributed by atoms with van der Waals surface area (Å²) >= 11 is 0. The third-order valence-electron chi connectivity index (χ3n) is 4.23. The molecule has 0 bridgehead atoms. The van der Waals surface area contributed by atoms with Crippen LogP contribution in [0.1, 0.15) is 25.3 Å². The van der Waals surface area contributed by atoms with Gasteiger partial charge in [0, 0.05) is 12.0 Å². The first-order valence-corrected chi connectivity index (χ1v) is 12.6. The topological polar surface area (TPSA) is 229 Å². The Morgan fingerprint density at radius 2 is 1.79 bits per heavy atom. The van der Waals surface area contributed by atoms with Crippen molar-refractivity contribution in [3.05, 3.63) is 12.7 Å². The van der Waals surface area contributed by atoms with E-state index in [0.717, 1.165) is 6.42 Å². The van der Waals surface area contributed by atoms with Crippen LogP contribution in [0, 0.1) is 5.92 Å². The highest BCUT2D eigenvalue weighted by Gasteiger charge is 2.41. The van der Waals surface area contributed by atoms with E-state index in [-0.39, 0.29) is 24.4 Å². The van der Waals surface area contributed by atoms with Crippen LogP contribution in [0.25, 0.3) is 11.2 Å². The smallest absolute Gasteiger partial charge is 0.382 e. The lowest BCUT2D eigenvalue weighted by atomic mass is 10.1. The van der Waals surface area contributed by atoms with Gasteiger partial charge in [0.05, 0.1) is 12.9 Å². The van der Waals surface area contributed by atoms with Crippen LogP contribution in [-0.4, -0.2) is 45.7 Å². The van der Waals surface area contributed by atoms with Crippen molar-refractivity contribution in [2.24, 2.45) is 5.92 Å². The SMILES string of the molecule is Nc1ncnc2c1ncn2[C@@H]1CCC[C@@H]1COP(=O)(O)OP(=O)(O)OP(=O)(O)O. The number of anilines is 1. The van der Waals surface area contributed by atoms with Gasteiger partial charge >= 0.3 is 23.5 Å². The maximum atomic E-state index is 11.9. The van der Waals surface area contributed by atoms with Gasteiger partial charge in [0.15, 0.2) is 11.5 Å². The highest BCUT2D eigenvalue weighted by molar-refractivity contribution is 7.66. The largest absolute Gasteiger partial charge is 0.490 e. The van der Waals surface area contributed by atoms with Crippen LogP contribution in [0.4, 0.5) is 5.82 Å². The van der Waals surface area contributed by atoms with E-state index in [1.165, 1.54) is 12.7 Å². The Bertz CT molecular complexity index is 1040. The van der Waals surface area contributed by atoms with Gasteiger partial charge in [-0.15, -0.1) is 0 Å². The Hall–Kier alpha value is -1.24. The van der Waals surface area contributed by atoms with Crippen molar-refractivity contribution in [2.45, 2.75) is 25.3 Å². The number of imidazole rings is 1. The summed E-state index contributed by atoms with van der Waals surface area (Å²) in [5, 5.41) is 0. The number of phosphoric ester groups is 1. The first-order chi connectivity index (χ1) is 13.4. The molecule has 15 nitrogen and oxygen atoms in total. The highest BCUT2D eigenvalue weighted by atomic mass is 31.3. The van der Waals surface area contributed by atoms with E-state index < -0.39 is 23.5 Å². The van der Waals surface area contributed by atoms with E-state index in [4.69, 9.17) is 20.0 Å². The number of nitrogen functional groups attached to an aromatic ring is 1. The van der Waals surface area contributed by atoms with Crippen molar-refractivity contribution >= 4 is 40.4 Å². The second kappa shape index (κ2) is 8.12. The van der Waals surface area contributed by atoms with Gasteiger partial charge in [-0.2, -0.15) is 8.62 Å². The quantitative estimate of drug-likeness (QED) is 0.338. The van der Waals surface area contributed by atoms with E-state index in [1.54, 1.807) is 4.57 Å². The molecule has 0 radical (unpaired) electrons. The summed E-state index contributed by atoms with van der Waals surface area (Å²) in [5.41, 5.74) is 6.65. The van der Waals surface area contributed by atoms with E-state index in [0.29, 0.717) is 24.0 Å². The first kappa shape index (κ1) is 22.4. The van der Waals surface area contributed by atoms with Crippen molar-refractivity contribution in [2.75, 3.05) is 12.3 Å². The zero-order chi connectivity index (χ0) is 21.4. The molecule has 18 heteroatoms. The lowest BCUT2D eigenvalue weighted by Crippen LogP contribution is -2.18. The molecule has 1 fully saturated rings. The summed E-state index contributed by atoms with van der Waals surface area (Å²) in [7, 11) is -16.2. The zero-order valence-corrected chi connectivity index (χ0v) is 17.3. The molecule has 1 aliphatic carbocycles. The van der Waals surface area contributed by atoms with Crippen molar-refractivity contribution < 1.29 is 46.4 Å². The molecule has 0 aliphatic heterocycles. The van der Waals surface area contributed by atoms with Crippen molar-refractivity contribution in [1.82, 2.24) is 19.5 Å². The molecule has 2 aromatic heterocycles. The molecule has 2 heterocycles. The highest BCUT2D eigenvalue weighted by Crippen LogP contribution is 2.66. The Balaban J connectivity index is 1.69. The molecule has 0 aromatic carbocycles. The fourth-order valence-electron chi connectivity index (χ4n) is 3.18. The van der Waals surface area contributed by atoms with Gasteiger partial charge in [-0.1, -0.05) is 6.42 Å². The third kappa shape index (κ3) is 5.68. The molecule has 0 amide bonds. The first-order valence-electron chi connectivity index (χ1n) is 8.08. The van der Waals surface area contributed by atoms with Gasteiger partial charge < -0.3 is 29.9 Å². The fraction of sp³-hybridized carbons (Fsp3) is 0.545. The summed E-state index contributed by atoms with van der Waals surface area (Å²) in [6.07, 6.45) is 4.84. The summed E-state index contributed by atoms with van der Waals surface area (Å²) < 4.78 is 47.9. The van der Waals surface area contributed by atoms with Crippen LogP contribution in [0.5, 0.6) is 0 Å². The lowest BCUT2D eigenvalue weighted by molar-refractivity contribution is 0.143. The number of hydrogen-bond acceptors (Lipinski definition) is 10. The number of rotatable bonds is 8. The normalized spacial score (nSPS) is 24.4. The molecule has 2 aromatic rings. The molecule has 1 saturated carbocycles. The van der Waals surface area contributed by atoms with Crippen molar-refractivity contribution in [3.63, 3.8) is 0 Å². The van der Waals surface area contributed by atoms with Gasteiger partial charge in [0.2, 0.25) is 0 Å². The number of nitrogens with zero attached hydrogens (tertiary/aromatic N) is 4. The second-order valence-corrected chi connectivity index (χ2v) is 10.6. The predicted molar refractivity (Wildman–Crippen MR) is 95.9 cm³/mol. The minimum absolute atomic E-state index is 0.205. The van der Waals surface area contributed by atoms with Crippen LogP contribution in [0.3, 0.4) is 0 Å². The number of phosphoric acid groups is 3. The fourth-order valence-corrected chi connectivity index (χ4v) is 6.26. The van der Waals surface area contributed by atoms with Gasteiger partial charge in [0.25, 0.3) is 0 Å². The minimum Gasteiger partial charge on any atom is -0.382 e. The molecule has 2 unspecified atom stereocenters. The average molecular weight is 473 g/mol. The van der Waals surface area contributed by atoms with Crippen LogP contribution >= 0.6 is 23.5 Å². The molecule has 6 N–H and O–H groups in total. The monoisotopic (exact) mass is 473 g/mol. The maximum absolute atomic E-state index is 11.9. The molecular formula is C11H18N5O10P3. The van der Waals surface area contributed by atoms with Crippen LogP contribution in [0.15, 0.2) is 12.7 Å². The van der Waals surface area contributed by atoms with E-state index in [9.17, 15) is 23.5 Å². The third-order valence-corrected chi connectivity index (χ3v) is 8.03. The number of nitrogens with two attached hydrogens (primary N) is 1. The van der Waals surface area contributed by atoms with Crippen molar-refractivity contribution in [1.29, 1.82) is 0 Å². The molecule has 4 atom stereocenters. The van der Waals surface area contributed by atoms with Crippen LogP contribution in [-0.2, 0) is 26.8 Å². The lowest BCUT2D eigenvalue weighted by Gasteiger charge is -2.22. The van der Waals surface area contributed by atoms with Gasteiger partial charge in [-0.05, 0) is 12.8 Å². The molecule has 0 spiro atoms. The molecule has 3 rings (SSSR count). The minimum atomic E-state index is -5.55. The van der Waals surface area contributed by atoms with Crippen LogP contribution < -0.4 is 5.73 Å². The molecule has 29 heavy (non-hydrogen) atoms. The van der Waals surface area contributed by atoms with Crippen LogP contribution in [0.2, 0.25) is 0 Å². The Kier molecular flexibility index (Phi) is 6.29. The van der Waals surface area contributed by atoms with Gasteiger partial charge in [-0.25, -0.2) is 28.6 Å². The summed E-state index contributed by atoms with van der Waals surface area (Å²) in [6, 6.07) is -0.221. The summed E-state index contributed by atoms with van der Waals surface area (Å²) in [6.45, 7) is -0.353. The van der Waals surface area contributed by atoms with Crippen molar-refractivity contribution in [3.8, 4) is 0 Å². The standard InChI is InChI=1S/C11H18N5O10P3/c12-10-9-11(14-5-13-10)16(6-15-9)8-3-1-2-7(8)4-24-28(20,21)26-29(22,23)25-27(17,18)19/h5-8H,1-4H2,(H,20,21)(H,22,23)(H2,12,13,14)(H2,17,18,19)/t7-,8-/m1/s1. The Labute approximate surface area is 163 Å². The molecule has 1 aliphatic rings. The number of fused-ring (bicyclic) bond motifs is 1.